The summed E-state index contributed by atoms with van der Waals surface area (Å²) in [6, 6.07) is 10.9. The van der Waals surface area contributed by atoms with Gasteiger partial charge in [0, 0.05) is 30.5 Å². The molecule has 2 amide bonds. The number of halogens is 1. The molecule has 0 saturated heterocycles. The van der Waals surface area contributed by atoms with Gasteiger partial charge in [0.05, 0.1) is 29.9 Å². The number of hydrogen-bond acceptors (Lipinski definition) is 9. The molecule has 3 saturated carbocycles. The van der Waals surface area contributed by atoms with Crippen molar-refractivity contribution in [3.05, 3.63) is 79.2 Å². The second-order valence-corrected chi connectivity index (χ2v) is 15.1. The number of carbonyl (C=O) groups is 2. The van der Waals surface area contributed by atoms with E-state index in [0.717, 1.165) is 19.3 Å². The fourth-order valence-electron chi connectivity index (χ4n) is 8.06. The average Bonchev–Trinajstić information content (AvgIpc) is 3.10. The Morgan fingerprint density at radius 1 is 1.14 bits per heavy atom. The second-order valence-electron chi connectivity index (χ2n) is 13.9. The molecule has 1 aromatic heterocycles. The van der Waals surface area contributed by atoms with Gasteiger partial charge in [-0.05, 0) is 101 Å². The van der Waals surface area contributed by atoms with E-state index in [-0.39, 0.29) is 55.2 Å². The number of benzene rings is 2. The molecule has 3 aromatic rings. The van der Waals surface area contributed by atoms with Crippen LogP contribution in [0.1, 0.15) is 55.5 Å². The molecule has 4 aliphatic rings. The number of nitrogens with zero attached hydrogens (tertiary/aromatic N) is 1. The van der Waals surface area contributed by atoms with Crippen LogP contribution in [-0.2, 0) is 11.4 Å². The maximum absolute atomic E-state index is 14.7. The Hall–Kier alpha value is -3.46. The Morgan fingerprint density at radius 3 is 2.61 bits per heavy atom. The topological polar surface area (TPSA) is 159 Å². The first-order chi connectivity index (χ1) is 23.5. The summed E-state index contributed by atoms with van der Waals surface area (Å²) < 4.78 is 18.2. The molecular formula is C37H43IN2O9. The van der Waals surface area contributed by atoms with Gasteiger partial charge in [-0.15, -0.1) is 0 Å². The highest BCUT2D eigenvalue weighted by Gasteiger charge is 2.55. The molecule has 0 radical (unpaired) electrons. The zero-order chi connectivity index (χ0) is 35.0. The minimum Gasteiger partial charge on any atom is -0.493 e. The molecule has 11 nitrogen and oxygen atoms in total. The molecule has 4 aliphatic carbocycles. The van der Waals surface area contributed by atoms with Crippen LogP contribution in [0.15, 0.2) is 63.3 Å². The molecule has 7 rings (SSSR count). The van der Waals surface area contributed by atoms with E-state index >= 15 is 0 Å². The summed E-state index contributed by atoms with van der Waals surface area (Å²) in [7, 11) is 1.47. The van der Waals surface area contributed by atoms with Crippen LogP contribution in [0.2, 0.25) is 0 Å². The van der Waals surface area contributed by atoms with E-state index in [1.807, 2.05) is 0 Å². The standard InChI is InChI=1S/C37H43IN2O9/c1-37(2)24-9-8-22(26(37)17-24)18-40(35(45)25-14-21-6-4-5-7-29(21)49-36(25)46)28-15-23(34(44)39-10-11-41)16-30(32(28)43)48-33-27(38)12-20(19-42)13-31(33)47-3/h4-7,12-14,16,22,24,26,28,30,32,41-43H,8-11,15,17-19H2,1-3H3,(H,39,44)/t22-,24-,26-,28+,30-,32-/m0/s1. The number of amides is 2. The molecule has 4 N–H and O–H groups in total. The van der Waals surface area contributed by atoms with Gasteiger partial charge < -0.3 is 39.4 Å². The van der Waals surface area contributed by atoms with Crippen molar-refractivity contribution in [2.75, 3.05) is 26.8 Å². The molecule has 0 unspecified atom stereocenters. The third-order valence-corrected chi connectivity index (χ3v) is 11.7. The molecule has 2 bridgehead atoms. The van der Waals surface area contributed by atoms with Crippen LogP contribution < -0.4 is 20.4 Å². The van der Waals surface area contributed by atoms with Gasteiger partial charge in [0.25, 0.3) is 5.91 Å². The number of hydrogen-bond donors (Lipinski definition) is 4. The number of aliphatic hydroxyl groups excluding tert-OH is 3. The van der Waals surface area contributed by atoms with Gasteiger partial charge in [-0.25, -0.2) is 4.79 Å². The summed E-state index contributed by atoms with van der Waals surface area (Å²) in [6.45, 7) is 4.35. The summed E-state index contributed by atoms with van der Waals surface area (Å²) >= 11 is 2.06. The Morgan fingerprint density at radius 2 is 1.92 bits per heavy atom. The van der Waals surface area contributed by atoms with Crippen molar-refractivity contribution in [3.8, 4) is 11.5 Å². The summed E-state index contributed by atoms with van der Waals surface area (Å²) in [5.41, 5.74) is 0.416. The summed E-state index contributed by atoms with van der Waals surface area (Å²) in [4.78, 5) is 43.0. The number of rotatable bonds is 11. The van der Waals surface area contributed by atoms with Gasteiger partial charge in [0.1, 0.15) is 23.4 Å². The summed E-state index contributed by atoms with van der Waals surface area (Å²) in [5, 5.41) is 34.5. The largest absolute Gasteiger partial charge is 0.493 e. The van der Waals surface area contributed by atoms with Crippen molar-refractivity contribution in [2.45, 2.75) is 64.4 Å². The van der Waals surface area contributed by atoms with Gasteiger partial charge >= 0.3 is 5.63 Å². The second kappa shape index (κ2) is 14.4. The Kier molecular flexibility index (Phi) is 10.4. The zero-order valence-electron chi connectivity index (χ0n) is 27.9. The van der Waals surface area contributed by atoms with Crippen molar-refractivity contribution < 1.29 is 38.8 Å². The third-order valence-electron chi connectivity index (χ3n) is 10.9. The number of methoxy groups -OCH3 is 1. The van der Waals surface area contributed by atoms with Crippen molar-refractivity contribution >= 4 is 45.4 Å². The van der Waals surface area contributed by atoms with Gasteiger partial charge in [-0.3, -0.25) is 9.59 Å². The quantitative estimate of drug-likeness (QED) is 0.167. The van der Waals surface area contributed by atoms with Gasteiger partial charge in [-0.1, -0.05) is 32.0 Å². The van der Waals surface area contributed by atoms with Crippen molar-refractivity contribution in [2.24, 2.45) is 23.2 Å². The number of fused-ring (bicyclic) bond motifs is 3. The number of nitrogens with one attached hydrogen (secondary N) is 1. The van der Waals surface area contributed by atoms with E-state index in [0.29, 0.717) is 43.4 Å². The maximum Gasteiger partial charge on any atom is 0.349 e. The SMILES string of the molecule is COc1cc(CO)cc(I)c1O[C@H]1C=C(C(=O)NCCO)C[C@@H](N(C[C@@H]2CC[C@H]3C[C@@H]2C3(C)C)C(=O)c2cc3ccccc3oc2=O)[C@@H]1O. The predicted octanol–water partition coefficient (Wildman–Crippen LogP) is 4.03. The van der Waals surface area contributed by atoms with Crippen molar-refractivity contribution in [1.29, 1.82) is 0 Å². The molecule has 262 valence electrons. The molecule has 1 heterocycles. The normalized spacial score (nSPS) is 25.6. The van der Waals surface area contributed by atoms with Gasteiger partial charge in [0.2, 0.25) is 5.91 Å². The molecular weight excluding hydrogens is 743 g/mol. The third kappa shape index (κ3) is 6.84. The Labute approximate surface area is 298 Å². The highest BCUT2D eigenvalue weighted by Crippen LogP contribution is 2.61. The first-order valence-corrected chi connectivity index (χ1v) is 17.8. The predicted molar refractivity (Wildman–Crippen MR) is 190 cm³/mol. The first-order valence-electron chi connectivity index (χ1n) is 16.7. The lowest BCUT2D eigenvalue weighted by Gasteiger charge is -2.61. The van der Waals surface area contributed by atoms with Crippen molar-refractivity contribution in [1.82, 2.24) is 10.2 Å². The minimum atomic E-state index is -1.31. The Balaban J connectivity index is 1.42. The molecule has 3 fully saturated rings. The van der Waals surface area contributed by atoms with Crippen molar-refractivity contribution in [3.63, 3.8) is 0 Å². The van der Waals surface area contributed by atoms with E-state index in [2.05, 4.69) is 41.8 Å². The van der Waals surface area contributed by atoms with E-state index in [4.69, 9.17) is 13.9 Å². The van der Waals surface area contributed by atoms with E-state index in [1.165, 1.54) is 19.3 Å². The number of ether oxygens (including phenoxy) is 2. The number of aliphatic hydroxyl groups is 3. The molecule has 2 aromatic carbocycles. The van der Waals surface area contributed by atoms with Crippen LogP contribution in [-0.4, -0.2) is 77.1 Å². The smallest absolute Gasteiger partial charge is 0.349 e. The fourth-order valence-corrected chi connectivity index (χ4v) is 8.86. The molecule has 49 heavy (non-hydrogen) atoms. The first kappa shape index (κ1) is 35.4. The van der Waals surface area contributed by atoms with Crippen LogP contribution in [0.5, 0.6) is 11.5 Å². The van der Waals surface area contributed by atoms with Crippen LogP contribution in [0.3, 0.4) is 0 Å². The van der Waals surface area contributed by atoms with E-state index in [1.54, 1.807) is 41.3 Å². The zero-order valence-corrected chi connectivity index (χ0v) is 30.0. The lowest BCUT2D eigenvalue weighted by molar-refractivity contribution is -0.120. The number of para-hydroxylation sites is 1. The highest BCUT2D eigenvalue weighted by atomic mass is 127. The lowest BCUT2D eigenvalue weighted by atomic mass is 9.45. The van der Waals surface area contributed by atoms with Crippen LogP contribution in [0.4, 0.5) is 0 Å². The number of carbonyl (C=O) groups excluding carboxylic acids is 2. The van der Waals surface area contributed by atoms with Crippen LogP contribution in [0.25, 0.3) is 11.0 Å². The van der Waals surface area contributed by atoms with Crippen LogP contribution in [0, 0.1) is 26.7 Å². The molecule has 0 aliphatic heterocycles. The van der Waals surface area contributed by atoms with E-state index < -0.39 is 35.7 Å². The molecule has 12 heteroatoms. The van der Waals surface area contributed by atoms with Gasteiger partial charge in [-0.2, -0.15) is 0 Å². The Bertz CT molecular complexity index is 1820. The fraction of sp³-hybridized carbons (Fsp3) is 0.486. The van der Waals surface area contributed by atoms with Gasteiger partial charge in [0.15, 0.2) is 11.5 Å². The lowest BCUT2D eigenvalue weighted by Crippen LogP contribution is -2.59. The monoisotopic (exact) mass is 786 g/mol. The molecule has 0 spiro atoms. The van der Waals surface area contributed by atoms with Crippen LogP contribution >= 0.6 is 22.6 Å². The minimum absolute atomic E-state index is 0.00990. The maximum atomic E-state index is 14.7. The average molecular weight is 787 g/mol. The molecule has 6 atom stereocenters. The summed E-state index contributed by atoms with van der Waals surface area (Å²) in [6.07, 6.45) is 2.12. The summed E-state index contributed by atoms with van der Waals surface area (Å²) in [5.74, 6) is 0.694. The van der Waals surface area contributed by atoms with E-state index in [9.17, 15) is 29.7 Å². The highest BCUT2D eigenvalue weighted by molar-refractivity contribution is 14.1.